The number of carbonyl (C=O) groups excluding carboxylic acids is 3. The highest BCUT2D eigenvalue weighted by atomic mass is 16.5. The third kappa shape index (κ3) is 3.76. The maximum absolute atomic E-state index is 12.4. The van der Waals surface area contributed by atoms with Crippen molar-refractivity contribution >= 4 is 23.6 Å². The molecule has 8 nitrogen and oxygen atoms in total. The standard InChI is InChI=1S/C16H21N3O5/c1-11(17-16(22)24-3)15(21)18-8-9-19(14(20)10-18)12-6-4-5-7-13(12)23-2/h4-7,11H,8-10H2,1-3H3,(H,17,22)/t11-/m0/s1. The van der Waals surface area contributed by atoms with Gasteiger partial charge in [-0.1, -0.05) is 12.1 Å². The van der Waals surface area contributed by atoms with Crippen LogP contribution in [0.5, 0.6) is 5.75 Å². The molecule has 1 saturated heterocycles. The summed E-state index contributed by atoms with van der Waals surface area (Å²) in [5, 5.41) is 2.41. The molecule has 0 saturated carbocycles. The second-order valence-corrected chi connectivity index (χ2v) is 5.33. The zero-order valence-electron chi connectivity index (χ0n) is 13.9. The van der Waals surface area contributed by atoms with E-state index in [4.69, 9.17) is 4.74 Å². The molecule has 1 N–H and O–H groups in total. The molecule has 0 radical (unpaired) electrons. The Morgan fingerprint density at radius 2 is 1.92 bits per heavy atom. The highest BCUT2D eigenvalue weighted by molar-refractivity contribution is 5.99. The monoisotopic (exact) mass is 335 g/mol. The van der Waals surface area contributed by atoms with E-state index in [-0.39, 0.29) is 18.4 Å². The number of benzene rings is 1. The van der Waals surface area contributed by atoms with E-state index in [2.05, 4.69) is 10.1 Å². The van der Waals surface area contributed by atoms with Gasteiger partial charge in [-0.2, -0.15) is 0 Å². The molecule has 1 atom stereocenters. The summed E-state index contributed by atoms with van der Waals surface area (Å²) in [5.74, 6) is 0.0733. The number of para-hydroxylation sites is 2. The fourth-order valence-corrected chi connectivity index (χ4v) is 2.54. The van der Waals surface area contributed by atoms with Crippen LogP contribution in [0.25, 0.3) is 0 Å². The lowest BCUT2D eigenvalue weighted by Gasteiger charge is -2.35. The van der Waals surface area contributed by atoms with Crippen LogP contribution >= 0.6 is 0 Å². The molecule has 0 bridgehead atoms. The molecule has 0 spiro atoms. The maximum atomic E-state index is 12.4. The van der Waals surface area contributed by atoms with Gasteiger partial charge in [0.2, 0.25) is 11.8 Å². The van der Waals surface area contributed by atoms with E-state index in [1.165, 1.54) is 12.0 Å². The number of ether oxygens (including phenoxy) is 2. The van der Waals surface area contributed by atoms with Crippen LogP contribution in [0, 0.1) is 0 Å². The molecule has 8 heteroatoms. The Kier molecular flexibility index (Phi) is 5.62. The van der Waals surface area contributed by atoms with Gasteiger partial charge in [0.05, 0.1) is 19.9 Å². The van der Waals surface area contributed by atoms with E-state index in [0.717, 1.165) is 0 Å². The average Bonchev–Trinajstić information content (AvgIpc) is 2.60. The minimum Gasteiger partial charge on any atom is -0.495 e. The Bertz CT molecular complexity index is 634. The molecule has 3 amide bonds. The predicted molar refractivity (Wildman–Crippen MR) is 86.9 cm³/mol. The quantitative estimate of drug-likeness (QED) is 0.871. The maximum Gasteiger partial charge on any atom is 0.407 e. The highest BCUT2D eigenvalue weighted by Crippen LogP contribution is 2.28. The lowest BCUT2D eigenvalue weighted by molar-refractivity contribution is -0.138. The minimum absolute atomic E-state index is 0.0515. The first-order valence-electron chi connectivity index (χ1n) is 7.54. The van der Waals surface area contributed by atoms with Crippen molar-refractivity contribution in [2.75, 3.05) is 38.8 Å². The van der Waals surface area contributed by atoms with Crippen LogP contribution in [0.1, 0.15) is 6.92 Å². The van der Waals surface area contributed by atoms with E-state index in [0.29, 0.717) is 24.5 Å². The molecule has 1 aliphatic heterocycles. The smallest absolute Gasteiger partial charge is 0.407 e. The molecule has 1 aromatic rings. The second kappa shape index (κ2) is 7.67. The Balaban J connectivity index is 2.04. The predicted octanol–water partition coefficient (Wildman–Crippen LogP) is 0.615. The number of piperazine rings is 1. The Hall–Kier alpha value is -2.77. The third-order valence-corrected chi connectivity index (χ3v) is 3.80. The first-order chi connectivity index (χ1) is 11.5. The molecule has 1 aromatic carbocycles. The average molecular weight is 335 g/mol. The third-order valence-electron chi connectivity index (χ3n) is 3.80. The normalized spacial score (nSPS) is 15.7. The number of nitrogens with one attached hydrogen (secondary N) is 1. The van der Waals surface area contributed by atoms with Crippen molar-refractivity contribution < 1.29 is 23.9 Å². The Morgan fingerprint density at radius 3 is 2.54 bits per heavy atom. The molecular formula is C16H21N3O5. The van der Waals surface area contributed by atoms with Gasteiger partial charge in [0, 0.05) is 13.1 Å². The van der Waals surface area contributed by atoms with E-state index in [1.54, 1.807) is 31.1 Å². The summed E-state index contributed by atoms with van der Waals surface area (Å²) in [5.41, 5.74) is 0.679. The number of hydrogen-bond donors (Lipinski definition) is 1. The summed E-state index contributed by atoms with van der Waals surface area (Å²) >= 11 is 0. The number of amides is 3. The van der Waals surface area contributed by atoms with Crippen LogP contribution in [0.2, 0.25) is 0 Å². The fourth-order valence-electron chi connectivity index (χ4n) is 2.54. The first kappa shape index (κ1) is 17.6. The number of alkyl carbamates (subject to hydrolysis) is 1. The Labute approximate surface area is 140 Å². The van der Waals surface area contributed by atoms with Gasteiger partial charge in [-0.3, -0.25) is 9.59 Å². The summed E-state index contributed by atoms with van der Waals surface area (Å²) in [6, 6.07) is 6.47. The van der Waals surface area contributed by atoms with Crippen molar-refractivity contribution in [1.82, 2.24) is 10.2 Å². The zero-order valence-corrected chi connectivity index (χ0v) is 13.9. The molecule has 1 heterocycles. The summed E-state index contributed by atoms with van der Waals surface area (Å²) in [4.78, 5) is 39.0. The largest absolute Gasteiger partial charge is 0.495 e. The summed E-state index contributed by atoms with van der Waals surface area (Å²) in [6.07, 6.45) is -0.685. The van der Waals surface area contributed by atoms with Gasteiger partial charge in [-0.05, 0) is 19.1 Å². The second-order valence-electron chi connectivity index (χ2n) is 5.33. The highest BCUT2D eigenvalue weighted by Gasteiger charge is 2.31. The van der Waals surface area contributed by atoms with Crippen molar-refractivity contribution in [3.63, 3.8) is 0 Å². The molecule has 0 aromatic heterocycles. The topological polar surface area (TPSA) is 88.2 Å². The van der Waals surface area contributed by atoms with Crippen LogP contribution in [0.15, 0.2) is 24.3 Å². The summed E-state index contributed by atoms with van der Waals surface area (Å²) in [7, 11) is 2.77. The Morgan fingerprint density at radius 1 is 1.21 bits per heavy atom. The first-order valence-corrected chi connectivity index (χ1v) is 7.54. The molecular weight excluding hydrogens is 314 g/mol. The van der Waals surface area contributed by atoms with Crippen LogP contribution in [0.4, 0.5) is 10.5 Å². The van der Waals surface area contributed by atoms with Gasteiger partial charge in [0.15, 0.2) is 0 Å². The fraction of sp³-hybridized carbons (Fsp3) is 0.438. The van der Waals surface area contributed by atoms with Crippen molar-refractivity contribution in [2.45, 2.75) is 13.0 Å². The number of nitrogens with zero attached hydrogens (tertiary/aromatic N) is 2. The molecule has 0 aliphatic carbocycles. The van der Waals surface area contributed by atoms with Crippen LogP contribution in [0.3, 0.4) is 0 Å². The van der Waals surface area contributed by atoms with Gasteiger partial charge in [-0.15, -0.1) is 0 Å². The van der Waals surface area contributed by atoms with E-state index in [9.17, 15) is 14.4 Å². The van der Waals surface area contributed by atoms with Crippen molar-refractivity contribution in [3.8, 4) is 5.75 Å². The van der Waals surface area contributed by atoms with Crippen molar-refractivity contribution in [1.29, 1.82) is 0 Å². The van der Waals surface area contributed by atoms with E-state index >= 15 is 0 Å². The van der Waals surface area contributed by atoms with E-state index < -0.39 is 12.1 Å². The summed E-state index contributed by atoms with van der Waals surface area (Å²) in [6.45, 7) is 2.23. The van der Waals surface area contributed by atoms with E-state index in [1.807, 2.05) is 12.1 Å². The van der Waals surface area contributed by atoms with Crippen LogP contribution in [-0.2, 0) is 14.3 Å². The van der Waals surface area contributed by atoms with Gasteiger partial charge < -0.3 is 24.6 Å². The minimum atomic E-state index is -0.761. The number of carbonyl (C=O) groups is 3. The van der Waals surface area contributed by atoms with Crippen molar-refractivity contribution in [3.05, 3.63) is 24.3 Å². The number of anilines is 1. The van der Waals surface area contributed by atoms with Crippen LogP contribution in [-0.4, -0.2) is 62.7 Å². The van der Waals surface area contributed by atoms with Gasteiger partial charge in [0.1, 0.15) is 18.3 Å². The van der Waals surface area contributed by atoms with Gasteiger partial charge in [-0.25, -0.2) is 4.79 Å². The molecule has 2 rings (SSSR count). The van der Waals surface area contributed by atoms with Gasteiger partial charge in [0.25, 0.3) is 0 Å². The van der Waals surface area contributed by atoms with Gasteiger partial charge >= 0.3 is 6.09 Å². The molecule has 130 valence electrons. The number of hydrogen-bond acceptors (Lipinski definition) is 5. The van der Waals surface area contributed by atoms with Crippen LogP contribution < -0.4 is 15.0 Å². The molecule has 24 heavy (non-hydrogen) atoms. The number of methoxy groups -OCH3 is 2. The zero-order chi connectivity index (χ0) is 17.7. The lowest BCUT2D eigenvalue weighted by atomic mass is 10.2. The SMILES string of the molecule is COC(=O)N[C@@H](C)C(=O)N1CCN(c2ccccc2OC)C(=O)C1. The molecule has 0 unspecified atom stereocenters. The molecule has 1 fully saturated rings. The number of rotatable bonds is 4. The summed E-state index contributed by atoms with van der Waals surface area (Å²) < 4.78 is 9.75. The van der Waals surface area contributed by atoms with Crippen molar-refractivity contribution in [2.24, 2.45) is 0 Å². The lowest BCUT2D eigenvalue weighted by Crippen LogP contribution is -2.56. The molecule has 1 aliphatic rings.